The number of carbonyl (C=O) groups excluding carboxylic acids is 1. The van der Waals surface area contributed by atoms with Gasteiger partial charge >= 0.3 is 12.1 Å². The summed E-state index contributed by atoms with van der Waals surface area (Å²) in [5.74, 6) is -1.57. The molecule has 0 spiro atoms. The molecule has 0 radical (unpaired) electrons. The number of aromatic nitrogens is 4. The van der Waals surface area contributed by atoms with Gasteiger partial charge in [0.1, 0.15) is 11.6 Å². The zero-order valence-electron chi connectivity index (χ0n) is 16.5. The number of aliphatic imine (C=N–C) groups is 1. The van der Waals surface area contributed by atoms with Crippen LogP contribution in [0.5, 0.6) is 0 Å². The van der Waals surface area contributed by atoms with Gasteiger partial charge in [0.15, 0.2) is 16.8 Å². The maximum Gasteiger partial charge on any atom is 0.417 e. The van der Waals surface area contributed by atoms with Gasteiger partial charge in [-0.05, 0) is 19.3 Å². The fourth-order valence-electron chi connectivity index (χ4n) is 2.68. The Hall–Kier alpha value is -3.15. The van der Waals surface area contributed by atoms with E-state index < -0.39 is 18.1 Å². The third-order valence-corrected chi connectivity index (χ3v) is 4.42. The fourth-order valence-corrected chi connectivity index (χ4v) is 2.89. The van der Waals surface area contributed by atoms with Gasteiger partial charge in [-0.2, -0.15) is 9.97 Å². The number of carboxylic acids is 1. The first-order valence-corrected chi connectivity index (χ1v) is 9.83. The van der Waals surface area contributed by atoms with E-state index in [1.54, 1.807) is 0 Å². The number of hydrogen-bond donors (Lipinski definition) is 4. The van der Waals surface area contributed by atoms with Crippen LogP contribution in [0.1, 0.15) is 39.0 Å². The number of anilines is 1. The van der Waals surface area contributed by atoms with Gasteiger partial charge in [0.05, 0.1) is 12.9 Å². The predicted molar refractivity (Wildman–Crippen MR) is 111 cm³/mol. The fraction of sp³-hybridized carbons (Fsp3) is 0.529. The highest BCUT2D eigenvalue weighted by molar-refractivity contribution is 6.33. The number of amides is 1. The van der Waals surface area contributed by atoms with E-state index in [0.29, 0.717) is 18.4 Å². The molecule has 0 aliphatic rings. The number of nitrogens with zero attached hydrogens (tertiary/aromatic N) is 5. The van der Waals surface area contributed by atoms with E-state index in [-0.39, 0.29) is 42.3 Å². The van der Waals surface area contributed by atoms with Crippen LogP contribution in [-0.4, -0.2) is 62.3 Å². The number of imidazole rings is 1. The highest BCUT2D eigenvalue weighted by atomic mass is 35.5. The lowest BCUT2D eigenvalue weighted by molar-refractivity contribution is -0.138. The molecule has 30 heavy (non-hydrogen) atoms. The van der Waals surface area contributed by atoms with Gasteiger partial charge in [0, 0.05) is 6.54 Å². The van der Waals surface area contributed by atoms with E-state index in [2.05, 4.69) is 24.9 Å². The Kier molecular flexibility index (Phi) is 8.59. The molecule has 0 fully saturated rings. The summed E-state index contributed by atoms with van der Waals surface area (Å²) in [5.41, 5.74) is 11.1. The summed E-state index contributed by atoms with van der Waals surface area (Å²) in [6, 6.07) is -1.31. The Morgan fingerprint density at radius 2 is 2.10 bits per heavy atom. The summed E-state index contributed by atoms with van der Waals surface area (Å²) in [6.07, 6.45) is 3.28. The number of unbranched alkanes of at least 4 members (excludes halogenated alkanes) is 2. The van der Waals surface area contributed by atoms with E-state index >= 15 is 0 Å². The molecule has 2 aromatic rings. The van der Waals surface area contributed by atoms with Gasteiger partial charge in [-0.3, -0.25) is 4.99 Å². The Morgan fingerprint density at radius 1 is 1.33 bits per heavy atom. The molecule has 1 atom stereocenters. The summed E-state index contributed by atoms with van der Waals surface area (Å²) >= 11 is 6.15. The molecule has 0 unspecified atom stereocenters. The highest BCUT2D eigenvalue weighted by Gasteiger charge is 2.34. The van der Waals surface area contributed by atoms with Gasteiger partial charge < -0.3 is 26.3 Å². The molecule has 0 saturated heterocycles. The largest absolute Gasteiger partial charge is 0.480 e. The maximum atomic E-state index is 12.8. The number of H-pyrrole nitrogens is 1. The van der Waals surface area contributed by atoms with Crippen LogP contribution in [0, 0.1) is 0 Å². The van der Waals surface area contributed by atoms with Gasteiger partial charge in [0.2, 0.25) is 5.95 Å². The summed E-state index contributed by atoms with van der Waals surface area (Å²) in [7, 11) is 0. The number of hydrogen-bond acceptors (Lipinski definition) is 7. The van der Waals surface area contributed by atoms with E-state index in [4.69, 9.17) is 27.8 Å². The summed E-state index contributed by atoms with van der Waals surface area (Å²) in [5, 5.41) is 9.77. The van der Waals surface area contributed by atoms with Gasteiger partial charge in [-0.25, -0.2) is 19.5 Å². The molecule has 2 rings (SSSR count). The second-order valence-electron chi connectivity index (χ2n) is 6.41. The summed E-state index contributed by atoms with van der Waals surface area (Å²) in [4.78, 5) is 44.5. The molecule has 0 aliphatic carbocycles. The van der Waals surface area contributed by atoms with Crippen molar-refractivity contribution < 1.29 is 19.4 Å². The molecule has 6 N–H and O–H groups in total. The van der Waals surface area contributed by atoms with Crippen molar-refractivity contribution in [3.8, 4) is 0 Å². The Balaban J connectivity index is 2.32. The van der Waals surface area contributed by atoms with Crippen LogP contribution in [0.4, 0.5) is 10.7 Å². The molecule has 12 nitrogen and oxygen atoms in total. The number of carboxylic acid groups (broad SMARTS) is 1. The molecule has 2 aromatic heterocycles. The van der Waals surface area contributed by atoms with E-state index in [0.717, 1.165) is 17.7 Å². The number of nitrogens with one attached hydrogen (secondary N) is 1. The number of fused-ring (bicyclic) bond motifs is 1. The minimum atomic E-state index is -1.31. The van der Waals surface area contributed by atoms with Crippen LogP contribution in [0.15, 0.2) is 11.3 Å². The van der Waals surface area contributed by atoms with Crippen LogP contribution in [0.3, 0.4) is 0 Å². The molecule has 2 heterocycles. The topological polar surface area (TPSA) is 186 Å². The standard InChI is InChI=1S/C17H25ClN8O4/c1-2-3-4-8-30-17(29)26(10(14(27)28)6-5-7-21-15(19)20)16-24-12(18)11-13(25-16)23-9-22-11/h9-10H,2-8H2,1H3,(H,27,28)(H4,19,20,21)(H,22,23,24,25)/t10-/m1/s1. The third kappa shape index (κ3) is 6.17. The van der Waals surface area contributed by atoms with Crippen molar-refractivity contribution in [3.63, 3.8) is 0 Å². The lowest BCUT2D eigenvalue weighted by atomic mass is 10.1. The van der Waals surface area contributed by atoms with Crippen molar-refractivity contribution in [1.82, 2.24) is 19.9 Å². The van der Waals surface area contributed by atoms with Crippen molar-refractivity contribution in [3.05, 3.63) is 11.5 Å². The van der Waals surface area contributed by atoms with Crippen LogP contribution in [0.25, 0.3) is 11.2 Å². The summed E-state index contributed by atoms with van der Waals surface area (Å²) in [6.45, 7) is 2.35. The molecule has 0 saturated carbocycles. The van der Waals surface area contributed by atoms with Crippen molar-refractivity contribution in [2.24, 2.45) is 16.5 Å². The first kappa shape index (κ1) is 23.1. The monoisotopic (exact) mass is 440 g/mol. The SMILES string of the molecule is CCCCCOC(=O)N(c1nc(Cl)c2[nH]cnc2n1)[C@H](CCCN=C(N)N)C(=O)O. The predicted octanol–water partition coefficient (Wildman–Crippen LogP) is 1.65. The molecular formula is C17H25ClN8O4. The van der Waals surface area contributed by atoms with Crippen LogP contribution in [0.2, 0.25) is 5.15 Å². The van der Waals surface area contributed by atoms with Gasteiger partial charge in [-0.15, -0.1) is 0 Å². The van der Waals surface area contributed by atoms with Crippen molar-refractivity contribution in [2.75, 3.05) is 18.1 Å². The molecule has 0 aliphatic heterocycles. The van der Waals surface area contributed by atoms with Gasteiger partial charge in [0.25, 0.3) is 0 Å². The second kappa shape index (κ2) is 11.1. The van der Waals surface area contributed by atoms with E-state index in [9.17, 15) is 14.7 Å². The lowest BCUT2D eigenvalue weighted by Gasteiger charge is -2.26. The normalized spacial score (nSPS) is 11.8. The third-order valence-electron chi connectivity index (χ3n) is 4.14. The maximum absolute atomic E-state index is 12.8. The molecular weight excluding hydrogens is 416 g/mol. The Labute approximate surface area is 177 Å². The minimum absolute atomic E-state index is 0.000858. The second-order valence-corrected chi connectivity index (χ2v) is 6.77. The van der Waals surface area contributed by atoms with E-state index in [1.807, 2.05) is 6.92 Å². The number of guanidine groups is 1. The number of aliphatic carboxylic acids is 1. The number of aromatic amines is 1. The zero-order chi connectivity index (χ0) is 22.1. The van der Waals surface area contributed by atoms with E-state index in [1.165, 1.54) is 6.33 Å². The average Bonchev–Trinajstić information content (AvgIpc) is 3.16. The number of rotatable bonds is 11. The molecule has 0 aromatic carbocycles. The summed E-state index contributed by atoms with van der Waals surface area (Å²) < 4.78 is 5.27. The first-order chi connectivity index (χ1) is 14.3. The number of carbonyl (C=O) groups is 2. The van der Waals surface area contributed by atoms with Crippen LogP contribution >= 0.6 is 11.6 Å². The van der Waals surface area contributed by atoms with Crippen molar-refractivity contribution in [2.45, 2.75) is 45.1 Å². The Bertz CT molecular complexity index is 899. The minimum Gasteiger partial charge on any atom is -0.480 e. The number of nitrogens with two attached hydrogens (primary N) is 2. The quantitative estimate of drug-likeness (QED) is 0.174. The smallest absolute Gasteiger partial charge is 0.417 e. The van der Waals surface area contributed by atoms with Crippen molar-refractivity contribution >= 4 is 46.7 Å². The number of halogens is 1. The average molecular weight is 441 g/mol. The molecule has 1 amide bonds. The number of ether oxygens (including phenoxy) is 1. The molecule has 164 valence electrons. The van der Waals surface area contributed by atoms with Crippen molar-refractivity contribution in [1.29, 1.82) is 0 Å². The first-order valence-electron chi connectivity index (χ1n) is 9.46. The zero-order valence-corrected chi connectivity index (χ0v) is 17.3. The highest BCUT2D eigenvalue weighted by Crippen LogP contribution is 2.24. The van der Waals surface area contributed by atoms with Crippen LogP contribution in [-0.2, 0) is 9.53 Å². The molecule has 13 heteroatoms. The van der Waals surface area contributed by atoms with Crippen LogP contribution < -0.4 is 16.4 Å². The lowest BCUT2D eigenvalue weighted by Crippen LogP contribution is -2.47. The Morgan fingerprint density at radius 3 is 2.77 bits per heavy atom. The van der Waals surface area contributed by atoms with Gasteiger partial charge in [-0.1, -0.05) is 31.4 Å². The molecule has 0 bridgehead atoms.